The van der Waals surface area contributed by atoms with Gasteiger partial charge < -0.3 is 14.8 Å². The minimum absolute atomic E-state index is 0.0653. The molecule has 1 saturated heterocycles. The zero-order chi connectivity index (χ0) is 20.1. The van der Waals surface area contributed by atoms with Crippen LogP contribution in [0.15, 0.2) is 42.7 Å². The van der Waals surface area contributed by atoms with Crippen LogP contribution in [-0.4, -0.2) is 41.2 Å². The molecule has 1 N–H and O–H groups in total. The van der Waals surface area contributed by atoms with Crippen molar-refractivity contribution in [3.8, 4) is 6.01 Å². The van der Waals surface area contributed by atoms with Crippen molar-refractivity contribution in [3.05, 3.63) is 53.3 Å². The second kappa shape index (κ2) is 9.09. The quantitative estimate of drug-likeness (QED) is 0.806. The number of hydrogen-bond donors (Lipinski definition) is 1. The van der Waals surface area contributed by atoms with Gasteiger partial charge in [0.1, 0.15) is 6.10 Å². The Morgan fingerprint density at radius 2 is 1.72 bits per heavy atom. The second-order valence-corrected chi connectivity index (χ2v) is 8.25. The van der Waals surface area contributed by atoms with E-state index in [1.54, 1.807) is 0 Å². The molecule has 1 aliphatic carbocycles. The highest BCUT2D eigenvalue weighted by Gasteiger charge is 2.42. The van der Waals surface area contributed by atoms with Gasteiger partial charge in [-0.15, -0.1) is 0 Å². The van der Waals surface area contributed by atoms with Gasteiger partial charge >= 0.3 is 6.01 Å². The van der Waals surface area contributed by atoms with Crippen LogP contribution in [0, 0.1) is 0 Å². The van der Waals surface area contributed by atoms with Crippen molar-refractivity contribution in [2.24, 2.45) is 0 Å². The van der Waals surface area contributed by atoms with E-state index < -0.39 is 5.41 Å². The molecule has 2 fully saturated rings. The topological polar surface area (TPSA) is 73.3 Å². The third-order valence-corrected chi connectivity index (χ3v) is 6.18. The first-order valence-electron chi connectivity index (χ1n) is 10.2. The molecule has 0 unspecified atom stereocenters. The molecule has 29 heavy (non-hydrogen) atoms. The van der Waals surface area contributed by atoms with Crippen molar-refractivity contribution in [1.82, 2.24) is 15.3 Å². The van der Waals surface area contributed by atoms with Crippen LogP contribution in [-0.2, 0) is 14.9 Å². The molecule has 4 rings (SSSR count). The number of hydrogen-bond acceptors (Lipinski definition) is 5. The molecule has 7 heteroatoms. The summed E-state index contributed by atoms with van der Waals surface area (Å²) < 4.78 is 11.4. The lowest BCUT2D eigenvalue weighted by Gasteiger charge is -2.38. The largest absolute Gasteiger partial charge is 0.460 e. The predicted molar refractivity (Wildman–Crippen MR) is 110 cm³/mol. The number of nitrogens with zero attached hydrogens (tertiary/aromatic N) is 2. The third kappa shape index (κ3) is 4.70. The Balaban J connectivity index is 1.35. The number of carbonyl (C=O) groups is 1. The molecule has 1 aromatic carbocycles. The number of halogens is 1. The number of ether oxygens (including phenoxy) is 2. The average molecular weight is 416 g/mol. The van der Waals surface area contributed by atoms with E-state index in [0.29, 0.717) is 24.2 Å². The predicted octanol–water partition coefficient (Wildman–Crippen LogP) is 3.68. The molecular formula is C22H26ClN3O3. The molecule has 2 aliphatic rings. The molecule has 1 aromatic heterocycles. The maximum absolute atomic E-state index is 13.4. The van der Waals surface area contributed by atoms with Crippen molar-refractivity contribution in [3.63, 3.8) is 0 Å². The van der Waals surface area contributed by atoms with E-state index in [4.69, 9.17) is 21.1 Å². The number of nitrogens with one attached hydrogen (secondary N) is 1. The second-order valence-electron chi connectivity index (χ2n) is 7.81. The normalized spacial score (nSPS) is 23.9. The van der Waals surface area contributed by atoms with Gasteiger partial charge in [-0.3, -0.25) is 4.79 Å². The Kier molecular flexibility index (Phi) is 6.31. The Hall–Kier alpha value is -2.18. The van der Waals surface area contributed by atoms with Crippen molar-refractivity contribution in [2.75, 3.05) is 13.2 Å². The molecule has 2 heterocycles. The van der Waals surface area contributed by atoms with Gasteiger partial charge in [-0.1, -0.05) is 41.9 Å². The first kappa shape index (κ1) is 20.1. The molecule has 1 amide bonds. The van der Waals surface area contributed by atoms with Crippen LogP contribution in [0.1, 0.15) is 44.1 Å². The number of amides is 1. The molecule has 154 valence electrons. The van der Waals surface area contributed by atoms with E-state index in [-0.39, 0.29) is 18.1 Å². The van der Waals surface area contributed by atoms with Crippen LogP contribution in [0.2, 0.25) is 5.02 Å². The number of rotatable bonds is 5. The zero-order valence-electron chi connectivity index (χ0n) is 16.4. The maximum atomic E-state index is 13.4. The Morgan fingerprint density at radius 1 is 1.07 bits per heavy atom. The molecule has 0 radical (unpaired) electrons. The van der Waals surface area contributed by atoms with Gasteiger partial charge in [0.25, 0.3) is 0 Å². The van der Waals surface area contributed by atoms with Crippen molar-refractivity contribution < 1.29 is 14.3 Å². The van der Waals surface area contributed by atoms with E-state index >= 15 is 0 Å². The average Bonchev–Trinajstić information content (AvgIpc) is 2.78. The number of aromatic nitrogens is 2. The van der Waals surface area contributed by atoms with E-state index in [9.17, 15) is 4.79 Å². The van der Waals surface area contributed by atoms with Crippen molar-refractivity contribution in [2.45, 2.75) is 56.1 Å². The standard InChI is InChI=1S/C22H26ClN3O3/c23-17-14-24-21(25-15-17)29-19-8-6-18(7-9-19)26-20(27)22(10-12-28-13-11-22)16-4-2-1-3-5-16/h1-5,14-15,18-19H,6-13H2,(H,26,27). The summed E-state index contributed by atoms with van der Waals surface area (Å²) in [6, 6.07) is 10.6. The van der Waals surface area contributed by atoms with Gasteiger partial charge in [0.15, 0.2) is 0 Å². The molecular weight excluding hydrogens is 390 g/mol. The molecule has 6 nitrogen and oxygen atoms in total. The van der Waals surface area contributed by atoms with Crippen LogP contribution in [0.4, 0.5) is 0 Å². The molecule has 2 aromatic rings. The summed E-state index contributed by atoms with van der Waals surface area (Å²) in [6.07, 6.45) is 8.05. The highest BCUT2D eigenvalue weighted by molar-refractivity contribution is 6.30. The van der Waals surface area contributed by atoms with Gasteiger partial charge in [0, 0.05) is 19.3 Å². The Bertz CT molecular complexity index is 802. The van der Waals surface area contributed by atoms with Gasteiger partial charge in [-0.25, -0.2) is 9.97 Å². The maximum Gasteiger partial charge on any atom is 0.316 e. The minimum atomic E-state index is -0.496. The van der Waals surface area contributed by atoms with Gasteiger partial charge in [0.2, 0.25) is 5.91 Å². The monoisotopic (exact) mass is 415 g/mol. The van der Waals surface area contributed by atoms with Crippen molar-refractivity contribution >= 4 is 17.5 Å². The molecule has 0 bridgehead atoms. The highest BCUT2D eigenvalue weighted by Crippen LogP contribution is 2.36. The molecule has 1 saturated carbocycles. The van der Waals surface area contributed by atoms with E-state index in [0.717, 1.165) is 44.1 Å². The number of benzene rings is 1. The highest BCUT2D eigenvalue weighted by atomic mass is 35.5. The lowest BCUT2D eigenvalue weighted by Crippen LogP contribution is -2.52. The minimum Gasteiger partial charge on any atom is -0.460 e. The molecule has 0 spiro atoms. The van der Waals surface area contributed by atoms with Gasteiger partial charge in [0.05, 0.1) is 22.8 Å². The summed E-state index contributed by atoms with van der Waals surface area (Å²) >= 11 is 5.81. The van der Waals surface area contributed by atoms with Crippen LogP contribution < -0.4 is 10.1 Å². The fourth-order valence-corrected chi connectivity index (χ4v) is 4.38. The van der Waals surface area contributed by atoms with Crippen LogP contribution >= 0.6 is 11.6 Å². The smallest absolute Gasteiger partial charge is 0.316 e. The summed E-state index contributed by atoms with van der Waals surface area (Å²) in [5.74, 6) is 0.123. The summed E-state index contributed by atoms with van der Waals surface area (Å²) in [7, 11) is 0. The van der Waals surface area contributed by atoms with E-state index in [2.05, 4.69) is 27.4 Å². The van der Waals surface area contributed by atoms with Crippen LogP contribution in [0.3, 0.4) is 0 Å². The third-order valence-electron chi connectivity index (χ3n) is 5.99. The van der Waals surface area contributed by atoms with E-state index in [1.165, 1.54) is 12.4 Å². The number of carbonyl (C=O) groups excluding carboxylic acids is 1. The molecule has 0 atom stereocenters. The lowest BCUT2D eigenvalue weighted by atomic mass is 9.73. The van der Waals surface area contributed by atoms with Crippen LogP contribution in [0.25, 0.3) is 0 Å². The Morgan fingerprint density at radius 3 is 2.38 bits per heavy atom. The zero-order valence-corrected chi connectivity index (χ0v) is 17.1. The first-order valence-corrected chi connectivity index (χ1v) is 10.6. The SMILES string of the molecule is O=C(NC1CCC(Oc2ncc(Cl)cn2)CC1)C1(c2ccccc2)CCOCC1. The first-order chi connectivity index (χ1) is 14.2. The van der Waals surface area contributed by atoms with Gasteiger partial charge in [-0.05, 0) is 44.1 Å². The van der Waals surface area contributed by atoms with Gasteiger partial charge in [-0.2, -0.15) is 0 Å². The van der Waals surface area contributed by atoms with E-state index in [1.807, 2.05) is 18.2 Å². The summed E-state index contributed by atoms with van der Waals surface area (Å²) in [5, 5.41) is 3.81. The van der Waals surface area contributed by atoms with Crippen LogP contribution in [0.5, 0.6) is 6.01 Å². The summed E-state index contributed by atoms with van der Waals surface area (Å²) in [4.78, 5) is 21.6. The fraction of sp³-hybridized carbons (Fsp3) is 0.500. The lowest BCUT2D eigenvalue weighted by molar-refractivity contribution is -0.131. The summed E-state index contributed by atoms with van der Waals surface area (Å²) in [5.41, 5.74) is 0.585. The Labute approximate surface area is 176 Å². The fourth-order valence-electron chi connectivity index (χ4n) is 4.28. The molecule has 1 aliphatic heterocycles. The van der Waals surface area contributed by atoms with Crippen molar-refractivity contribution in [1.29, 1.82) is 0 Å². The summed E-state index contributed by atoms with van der Waals surface area (Å²) in [6.45, 7) is 1.23.